The van der Waals surface area contributed by atoms with Gasteiger partial charge >= 0.3 is 5.97 Å². The Morgan fingerprint density at radius 3 is 2.33 bits per heavy atom. The predicted molar refractivity (Wildman–Crippen MR) is 69.8 cm³/mol. The molecule has 3 atom stereocenters. The van der Waals surface area contributed by atoms with E-state index in [9.17, 15) is 4.79 Å². The van der Waals surface area contributed by atoms with E-state index in [1.165, 1.54) is 12.8 Å². The molecule has 3 rings (SSSR count). The minimum absolute atomic E-state index is 0.0282. The van der Waals surface area contributed by atoms with Crippen molar-refractivity contribution in [2.45, 2.75) is 59.0 Å². The summed E-state index contributed by atoms with van der Waals surface area (Å²) < 4.78 is 5.88. The summed E-state index contributed by atoms with van der Waals surface area (Å²) >= 11 is 0. The van der Waals surface area contributed by atoms with Crippen LogP contribution in [0.5, 0.6) is 0 Å². The van der Waals surface area contributed by atoms with Crippen LogP contribution in [-0.2, 0) is 9.53 Å². The molecule has 3 fully saturated rings. The van der Waals surface area contributed by atoms with E-state index < -0.39 is 0 Å². The van der Waals surface area contributed by atoms with Crippen LogP contribution in [-0.4, -0.2) is 18.6 Å². The summed E-state index contributed by atoms with van der Waals surface area (Å²) in [5.41, 5.74) is 5.86. The summed E-state index contributed by atoms with van der Waals surface area (Å²) in [6.45, 7) is 7.44. The number of ether oxygens (including phenoxy) is 1. The van der Waals surface area contributed by atoms with E-state index in [2.05, 4.69) is 20.8 Å². The lowest BCUT2D eigenvalue weighted by molar-refractivity contribution is -0.163. The largest absolute Gasteiger partial charge is 0.461 e. The molecule has 18 heavy (non-hydrogen) atoms. The molecule has 0 radical (unpaired) electrons. The number of hydrogen-bond acceptors (Lipinski definition) is 3. The molecule has 102 valence electrons. The zero-order chi connectivity index (χ0) is 13.2. The highest BCUT2D eigenvalue weighted by Crippen LogP contribution is 2.66. The predicted octanol–water partition coefficient (Wildman–Crippen LogP) is 2.48. The highest BCUT2D eigenvalue weighted by molar-refractivity contribution is 5.80. The maximum absolute atomic E-state index is 12.2. The fourth-order valence-electron chi connectivity index (χ4n) is 4.21. The highest BCUT2D eigenvalue weighted by atomic mass is 16.5. The van der Waals surface area contributed by atoms with Gasteiger partial charge in [0.05, 0.1) is 5.41 Å². The molecule has 3 aliphatic rings. The molecule has 2 N–H and O–H groups in total. The van der Waals surface area contributed by atoms with Gasteiger partial charge in [-0.2, -0.15) is 0 Å². The molecule has 0 aromatic heterocycles. The van der Waals surface area contributed by atoms with Gasteiger partial charge in [-0.05, 0) is 43.4 Å². The van der Waals surface area contributed by atoms with Crippen LogP contribution in [0.2, 0.25) is 0 Å². The Hall–Kier alpha value is -0.570. The Labute approximate surface area is 109 Å². The Morgan fingerprint density at radius 1 is 1.28 bits per heavy atom. The molecule has 0 aromatic rings. The first kappa shape index (κ1) is 12.5. The quantitative estimate of drug-likeness (QED) is 0.784. The molecule has 2 bridgehead atoms. The van der Waals surface area contributed by atoms with Crippen LogP contribution >= 0.6 is 0 Å². The summed E-state index contributed by atoms with van der Waals surface area (Å²) in [6, 6.07) is 0. The molecule has 0 heterocycles. The van der Waals surface area contributed by atoms with Crippen molar-refractivity contribution in [3.8, 4) is 0 Å². The fraction of sp³-hybridized carbons (Fsp3) is 0.933. The molecule has 3 heteroatoms. The normalized spacial score (nSPS) is 42.9. The molecule has 0 spiro atoms. The number of carbonyl (C=O) groups excluding carboxylic acids is 1. The molecule has 3 saturated carbocycles. The standard InChI is InChI=1S/C15H25NO2/c1-13(2)10-4-5-14(13,3)11(8-10)18-12(17)15(9-16)6-7-15/h10-11H,4-9,16H2,1-3H3. The smallest absolute Gasteiger partial charge is 0.313 e. The highest BCUT2D eigenvalue weighted by Gasteiger charge is 2.64. The van der Waals surface area contributed by atoms with Crippen LogP contribution < -0.4 is 5.73 Å². The van der Waals surface area contributed by atoms with Crippen molar-refractivity contribution in [1.82, 2.24) is 0 Å². The molecule has 0 amide bonds. The lowest BCUT2D eigenvalue weighted by atomic mass is 9.70. The van der Waals surface area contributed by atoms with E-state index in [0.29, 0.717) is 17.9 Å². The van der Waals surface area contributed by atoms with E-state index in [4.69, 9.17) is 10.5 Å². The topological polar surface area (TPSA) is 52.3 Å². The van der Waals surface area contributed by atoms with Crippen molar-refractivity contribution in [1.29, 1.82) is 0 Å². The van der Waals surface area contributed by atoms with Crippen LogP contribution in [0.4, 0.5) is 0 Å². The third-order valence-corrected chi connectivity index (χ3v) is 6.64. The van der Waals surface area contributed by atoms with Gasteiger partial charge in [-0.1, -0.05) is 20.8 Å². The first-order valence-corrected chi connectivity index (χ1v) is 7.27. The number of esters is 1. The minimum Gasteiger partial charge on any atom is -0.461 e. The van der Waals surface area contributed by atoms with E-state index in [1.807, 2.05) is 0 Å². The lowest BCUT2D eigenvalue weighted by Crippen LogP contribution is -2.40. The van der Waals surface area contributed by atoms with Crippen LogP contribution in [0.3, 0.4) is 0 Å². The number of fused-ring (bicyclic) bond motifs is 2. The summed E-state index contributed by atoms with van der Waals surface area (Å²) in [7, 11) is 0. The Balaban J connectivity index is 1.74. The SMILES string of the molecule is CC1(C)C2CCC1(C)C(OC(=O)C1(CN)CC1)C2. The average Bonchev–Trinajstić information content (AvgIpc) is 3.05. The molecule has 0 saturated heterocycles. The van der Waals surface area contributed by atoms with Gasteiger partial charge in [-0.25, -0.2) is 0 Å². The van der Waals surface area contributed by atoms with Gasteiger partial charge in [0, 0.05) is 12.0 Å². The molecule has 0 aliphatic heterocycles. The number of hydrogen-bond donors (Lipinski definition) is 1. The molecule has 0 aromatic carbocycles. The van der Waals surface area contributed by atoms with Gasteiger partial charge in [0.25, 0.3) is 0 Å². The van der Waals surface area contributed by atoms with Crippen molar-refractivity contribution in [3.05, 3.63) is 0 Å². The van der Waals surface area contributed by atoms with Gasteiger partial charge in [-0.15, -0.1) is 0 Å². The van der Waals surface area contributed by atoms with Crippen molar-refractivity contribution < 1.29 is 9.53 Å². The maximum atomic E-state index is 12.2. The maximum Gasteiger partial charge on any atom is 0.313 e. The number of rotatable bonds is 3. The third kappa shape index (κ3) is 1.37. The lowest BCUT2D eigenvalue weighted by Gasteiger charge is -2.38. The van der Waals surface area contributed by atoms with E-state index in [1.54, 1.807) is 0 Å². The fourth-order valence-corrected chi connectivity index (χ4v) is 4.21. The zero-order valence-electron chi connectivity index (χ0n) is 11.8. The van der Waals surface area contributed by atoms with Crippen LogP contribution in [0.15, 0.2) is 0 Å². The van der Waals surface area contributed by atoms with Gasteiger partial charge in [-0.3, -0.25) is 4.79 Å². The van der Waals surface area contributed by atoms with Crippen molar-refractivity contribution >= 4 is 5.97 Å². The second-order valence-electron chi connectivity index (χ2n) is 7.49. The number of nitrogens with two attached hydrogens (primary N) is 1. The van der Waals surface area contributed by atoms with E-state index in [0.717, 1.165) is 19.3 Å². The second-order valence-corrected chi connectivity index (χ2v) is 7.49. The van der Waals surface area contributed by atoms with Crippen LogP contribution in [0, 0.1) is 22.2 Å². The first-order valence-electron chi connectivity index (χ1n) is 7.27. The Kier molecular flexibility index (Phi) is 2.42. The van der Waals surface area contributed by atoms with Gasteiger partial charge in [0.15, 0.2) is 0 Å². The molecular weight excluding hydrogens is 226 g/mol. The Bertz CT molecular complexity index is 386. The van der Waals surface area contributed by atoms with E-state index >= 15 is 0 Å². The van der Waals surface area contributed by atoms with Crippen molar-refractivity contribution in [3.63, 3.8) is 0 Å². The Morgan fingerprint density at radius 2 is 1.94 bits per heavy atom. The second kappa shape index (κ2) is 3.50. The third-order valence-electron chi connectivity index (χ3n) is 6.64. The van der Waals surface area contributed by atoms with Crippen LogP contribution in [0.1, 0.15) is 52.9 Å². The van der Waals surface area contributed by atoms with Crippen molar-refractivity contribution in [2.75, 3.05) is 6.54 Å². The average molecular weight is 251 g/mol. The summed E-state index contributed by atoms with van der Waals surface area (Å²) in [6.07, 6.45) is 5.48. The van der Waals surface area contributed by atoms with Gasteiger partial charge in [0.2, 0.25) is 0 Å². The van der Waals surface area contributed by atoms with E-state index in [-0.39, 0.29) is 22.9 Å². The van der Waals surface area contributed by atoms with Crippen molar-refractivity contribution in [2.24, 2.45) is 27.9 Å². The number of carbonyl (C=O) groups is 1. The molecule has 3 unspecified atom stereocenters. The summed E-state index contributed by atoms with van der Waals surface area (Å²) in [5, 5.41) is 0. The zero-order valence-corrected chi connectivity index (χ0v) is 11.8. The monoisotopic (exact) mass is 251 g/mol. The minimum atomic E-state index is -0.317. The summed E-state index contributed by atoms with van der Waals surface area (Å²) in [5.74, 6) is 0.688. The van der Waals surface area contributed by atoms with Gasteiger partial charge < -0.3 is 10.5 Å². The molecule has 3 nitrogen and oxygen atoms in total. The van der Waals surface area contributed by atoms with Crippen LogP contribution in [0.25, 0.3) is 0 Å². The first-order chi connectivity index (χ1) is 8.36. The molecular formula is C15H25NO2. The molecule has 3 aliphatic carbocycles. The summed E-state index contributed by atoms with van der Waals surface area (Å²) in [4.78, 5) is 12.2. The van der Waals surface area contributed by atoms with Gasteiger partial charge in [0.1, 0.15) is 6.10 Å².